The highest BCUT2D eigenvalue weighted by Gasteiger charge is 2.32. The highest BCUT2D eigenvalue weighted by atomic mass is 16.3. The molecular weight excluding hydrogens is 1850 g/mol. The summed E-state index contributed by atoms with van der Waals surface area (Å²) in [5.74, 6) is 4.63. The van der Waals surface area contributed by atoms with Crippen LogP contribution in [0.25, 0.3) is 67.4 Å². The number of nitrogens with zero attached hydrogens (tertiary/aromatic N) is 18. The molecule has 0 aliphatic carbocycles. The van der Waals surface area contributed by atoms with Crippen molar-refractivity contribution in [2.45, 2.75) is 164 Å². The fraction of sp³-hybridized carbons (Fsp3) is 0.350. The third-order valence-electron chi connectivity index (χ3n) is 28.3. The van der Waals surface area contributed by atoms with Crippen LogP contribution in [0, 0.1) is 27.7 Å². The normalized spacial score (nSPS) is 13.7. The Kier molecular flexibility index (Phi) is 34.7. The van der Waals surface area contributed by atoms with Crippen molar-refractivity contribution in [3.8, 4) is 23.8 Å². The maximum Gasteiger partial charge on any atom is 0.249 e. The maximum atomic E-state index is 12.3. The number of hydrogen-bond donors (Lipinski definition) is 9. The van der Waals surface area contributed by atoms with Gasteiger partial charge in [0.2, 0.25) is 41.5 Å². The van der Waals surface area contributed by atoms with E-state index in [1.54, 1.807) is 25.1 Å². The van der Waals surface area contributed by atoms with Gasteiger partial charge in [0.05, 0.1) is 44.8 Å². The van der Waals surface area contributed by atoms with E-state index in [2.05, 4.69) is 169 Å². The maximum absolute atomic E-state index is 12.3. The third-order valence-corrected chi connectivity index (χ3v) is 28.3. The van der Waals surface area contributed by atoms with Gasteiger partial charge in [0.25, 0.3) is 0 Å². The van der Waals surface area contributed by atoms with Crippen molar-refractivity contribution in [1.82, 2.24) is 87.5 Å². The zero-order valence-corrected chi connectivity index (χ0v) is 86.7. The van der Waals surface area contributed by atoms with E-state index in [1.807, 2.05) is 156 Å². The number of carbonyl (C=O) groups excluding carboxylic acids is 4. The van der Waals surface area contributed by atoms with Crippen LogP contribution in [0.1, 0.15) is 190 Å². The highest BCUT2D eigenvalue weighted by Crippen LogP contribution is 2.38. The molecule has 20 rings (SSSR count). The number of Topliss-reactive ketones (excluding diaryl/α,β-unsaturated/α-hetero) is 1. The minimum atomic E-state index is -0.451. The number of anilines is 4. The van der Waals surface area contributed by atoms with Crippen LogP contribution < -0.4 is 38.5 Å². The summed E-state index contributed by atoms with van der Waals surface area (Å²) in [4.78, 5) is 103. The Hall–Kier alpha value is -14.8. The van der Waals surface area contributed by atoms with E-state index in [4.69, 9.17) is 62.2 Å². The van der Waals surface area contributed by atoms with Crippen LogP contribution in [0.15, 0.2) is 218 Å². The van der Waals surface area contributed by atoms with Crippen LogP contribution in [0.3, 0.4) is 0 Å². The molecule has 31 heteroatoms. The number of primary amides is 3. The molecule has 0 saturated carbocycles. The zero-order valence-electron chi connectivity index (χ0n) is 86.7. The Morgan fingerprint density at radius 1 is 0.311 bits per heavy atom. The van der Waals surface area contributed by atoms with Gasteiger partial charge in [-0.15, -0.1) is 0 Å². The number of aliphatic hydroxyl groups is 2. The second kappa shape index (κ2) is 49.1. The summed E-state index contributed by atoms with van der Waals surface area (Å²) in [5.41, 5.74) is 40.2. The fourth-order valence-electron chi connectivity index (χ4n) is 20.6. The molecule has 768 valence electrons. The molecule has 31 nitrogen and oxygen atoms in total. The summed E-state index contributed by atoms with van der Waals surface area (Å²) < 4.78 is 8.12. The van der Waals surface area contributed by atoms with E-state index in [9.17, 15) is 24.3 Å². The van der Waals surface area contributed by atoms with E-state index in [0.29, 0.717) is 66.7 Å². The minimum Gasteiger partial charge on any atom is -0.396 e. The first-order valence-electron chi connectivity index (χ1n) is 51.9. The number of unbranched alkanes of at least 4 members (excludes halogenated alkanes) is 4. The second-order valence-corrected chi connectivity index (χ2v) is 39.6. The Bertz CT molecular complexity index is 7350. The van der Waals surface area contributed by atoms with Crippen molar-refractivity contribution in [3.05, 3.63) is 331 Å². The molecule has 0 fully saturated rings. The predicted octanol–water partition coefficient (Wildman–Crippen LogP) is 16.5. The van der Waals surface area contributed by atoms with Gasteiger partial charge in [-0.25, -0.2) is 19.9 Å². The van der Waals surface area contributed by atoms with Gasteiger partial charge >= 0.3 is 0 Å². The molecule has 8 aromatic carbocycles. The predicted molar refractivity (Wildman–Crippen MR) is 589 cm³/mol. The number of amides is 3. The largest absolute Gasteiger partial charge is 0.396 e. The summed E-state index contributed by atoms with van der Waals surface area (Å²) in [7, 11) is 8.51. The number of aromatic nitrogens is 12. The van der Waals surface area contributed by atoms with Gasteiger partial charge in [0, 0.05) is 193 Å². The molecule has 0 saturated heterocycles. The molecule has 4 aliphatic heterocycles. The summed E-state index contributed by atoms with van der Waals surface area (Å²) >= 11 is 0. The topological polar surface area (TPSA) is 377 Å². The first-order valence-corrected chi connectivity index (χ1v) is 51.9. The van der Waals surface area contributed by atoms with E-state index in [-0.39, 0.29) is 19.0 Å². The van der Waals surface area contributed by atoms with Crippen molar-refractivity contribution in [2.75, 3.05) is 128 Å². The lowest BCUT2D eigenvalue weighted by Gasteiger charge is -2.30. The molecular formula is C117H139N25O6. The smallest absolute Gasteiger partial charge is 0.249 e. The molecule has 0 bridgehead atoms. The standard InChI is InChI=1S/C31H38N6O.C30H37N7O.2C28H32N6O2/c1-22-19-26-25(23(2)38)13-10-14-29(26)37(22)31-33-28-15-18-36(17-9-8-16-35(3)4)21-27(28)30(34-31)32-20-24-11-6-5-7-12-24;1-21-18-25-23(28(31)38)12-9-13-27(25)37(21)30-33-26-20-36(16-8-7-15-35(2)3)17-14-24(26)29(34-30)32-19-22-10-5-4-6-11-22;1-19-16-22-21(26(29)36)10-7-11-25(22)34(19)28-31-24-12-14-33(13-5-6-15-35)18-23(24)27(32-28)30-17-20-8-3-2-4-9-20;1-19-16-23-21(26(29)36)10-7-11-25(23)34(19)28-31-24-18-33(13-5-6-15-35)14-12-22(24)27(32-28)30-17-20-8-3-2-4-9-20/h5-7,10-14,19H,8-9,15-18,20-21H2,1-4H3,(H,32,33,34);4-6,9-13,18H,7-8,14-17,19-20H2,1-3H3,(H2,31,38)(H,32,33,34);2*2-4,7-11,16,35H,5-6,12-15,17-18H2,1H3,(H2,29,36)(H,30,31,32). The Morgan fingerprint density at radius 2 is 0.574 bits per heavy atom. The van der Waals surface area contributed by atoms with E-state index >= 15 is 0 Å². The van der Waals surface area contributed by atoms with Crippen LogP contribution in [0.4, 0.5) is 23.3 Å². The number of fused-ring (bicyclic) bond motifs is 8. The molecule has 12 heterocycles. The molecule has 0 unspecified atom stereocenters. The number of hydrogen-bond acceptors (Lipinski definition) is 24. The second-order valence-electron chi connectivity index (χ2n) is 39.6. The molecule has 12 N–H and O–H groups in total. The van der Waals surface area contributed by atoms with Crippen molar-refractivity contribution in [1.29, 1.82) is 0 Å². The summed E-state index contributed by atoms with van der Waals surface area (Å²) in [6.07, 6.45) is 11.8. The van der Waals surface area contributed by atoms with Crippen molar-refractivity contribution in [2.24, 2.45) is 17.2 Å². The van der Waals surface area contributed by atoms with Crippen LogP contribution >= 0.6 is 0 Å². The molecule has 3 amide bonds. The van der Waals surface area contributed by atoms with Gasteiger partial charge in [-0.2, -0.15) is 19.9 Å². The number of carbonyl (C=O) groups is 4. The number of nitrogens with one attached hydrogen (secondary N) is 4. The zero-order chi connectivity index (χ0) is 103. The molecule has 16 aromatic rings. The lowest BCUT2D eigenvalue weighted by atomic mass is 10.0. The lowest BCUT2D eigenvalue weighted by molar-refractivity contribution is 0.0993. The molecule has 0 radical (unpaired) electrons. The Labute approximate surface area is 866 Å². The quantitative estimate of drug-likeness (QED) is 0.0128. The molecule has 4 aliphatic rings. The van der Waals surface area contributed by atoms with E-state index in [0.717, 1.165) is 272 Å². The van der Waals surface area contributed by atoms with Crippen LogP contribution in [0.5, 0.6) is 0 Å². The summed E-state index contributed by atoms with van der Waals surface area (Å²) in [6, 6.07) is 72.0. The Morgan fingerprint density at radius 3 is 0.858 bits per heavy atom. The van der Waals surface area contributed by atoms with Gasteiger partial charge in [-0.3, -0.25) is 57.0 Å². The number of aliphatic hydroxyl groups excluding tert-OH is 2. The fourth-order valence-corrected chi connectivity index (χ4v) is 20.6. The van der Waals surface area contributed by atoms with Crippen LogP contribution in [-0.4, -0.2) is 228 Å². The number of nitrogens with two attached hydrogens (primary N) is 3. The van der Waals surface area contributed by atoms with Crippen LogP contribution in [0.2, 0.25) is 0 Å². The number of rotatable bonds is 38. The molecule has 0 atom stereocenters. The highest BCUT2D eigenvalue weighted by molar-refractivity contribution is 6.09. The molecule has 8 aromatic heterocycles. The lowest BCUT2D eigenvalue weighted by Crippen LogP contribution is -2.33. The van der Waals surface area contributed by atoms with Gasteiger partial charge in [-0.05, 0) is 255 Å². The van der Waals surface area contributed by atoms with Gasteiger partial charge in [-0.1, -0.05) is 152 Å². The van der Waals surface area contributed by atoms with Gasteiger partial charge < -0.3 is 58.5 Å². The third kappa shape index (κ3) is 25.2. The van der Waals surface area contributed by atoms with Crippen molar-refractivity contribution < 1.29 is 29.4 Å². The number of benzene rings is 8. The molecule has 0 spiro atoms. The first kappa shape index (κ1) is 105. The van der Waals surface area contributed by atoms with E-state index < -0.39 is 17.7 Å². The number of ketones is 1. The molecule has 148 heavy (non-hydrogen) atoms. The van der Waals surface area contributed by atoms with Gasteiger partial charge in [0.1, 0.15) is 23.3 Å². The average molecular weight is 1990 g/mol. The number of aryl methyl sites for hydroxylation is 4. The summed E-state index contributed by atoms with van der Waals surface area (Å²) in [5, 5.41) is 36.1. The monoisotopic (exact) mass is 1990 g/mol. The summed E-state index contributed by atoms with van der Waals surface area (Å²) in [6.45, 7) is 26.1. The van der Waals surface area contributed by atoms with Crippen LogP contribution in [-0.2, 0) is 78.0 Å². The van der Waals surface area contributed by atoms with E-state index in [1.165, 1.54) is 59.1 Å². The van der Waals surface area contributed by atoms with Crippen molar-refractivity contribution >= 4 is 90.4 Å². The van der Waals surface area contributed by atoms with Crippen molar-refractivity contribution in [3.63, 3.8) is 0 Å². The average Bonchev–Trinajstić information content (AvgIpc) is 1.61. The van der Waals surface area contributed by atoms with Gasteiger partial charge in [0.15, 0.2) is 5.78 Å². The first-order chi connectivity index (χ1) is 71.9. The Balaban J connectivity index is 0.000000135. The minimum absolute atomic E-state index is 0.0648. The SMILES string of the molecule is CC(=O)c1cccc2c1cc(C)n2-c1nc2c(c(NCc3ccccc3)n1)CN(CCCCN(C)C)CC2.Cc1cc2c(C(N)=O)cccc2n1-c1nc2c(c(NCc3ccccc3)n1)CCN(CCCCN(C)C)C2.Cc1cc2c(C(N)=O)cccc2n1-c1nc2c(c(NCc3ccccc3)n1)CCN(CCCCO)C2.Cc1cc2c(C(N)=O)cccc2n1-c1nc2c(c(NCc3ccccc3)n1)CN(CCCCO)CC2.